The summed E-state index contributed by atoms with van der Waals surface area (Å²) in [7, 11) is 1.73. The van der Waals surface area contributed by atoms with E-state index < -0.39 is 51.5 Å². The number of aliphatic hydroxyl groups excluding tert-OH is 2. The van der Waals surface area contributed by atoms with Crippen LogP contribution in [0.25, 0.3) is 0 Å². The Morgan fingerprint density at radius 2 is 1.82 bits per heavy atom. The zero-order valence-corrected chi connectivity index (χ0v) is 23.1. The lowest BCUT2D eigenvalue weighted by molar-refractivity contribution is -0.232. The van der Waals surface area contributed by atoms with Crippen molar-refractivity contribution in [3.05, 3.63) is 30.0 Å². The van der Waals surface area contributed by atoms with Crippen LogP contribution < -0.4 is 14.8 Å². The highest BCUT2D eigenvalue weighted by Gasteiger charge is 2.81. The number of hydrogen-bond donors (Lipinski definition) is 3. The Kier molecular flexibility index (Phi) is 4.44. The number of aliphatic hydroxyl groups is 2. The van der Waals surface area contributed by atoms with E-state index in [1.165, 1.54) is 4.90 Å². The van der Waals surface area contributed by atoms with Crippen LogP contribution in [0.1, 0.15) is 53.0 Å². The average Bonchev–Trinajstić information content (AvgIpc) is 3.20. The van der Waals surface area contributed by atoms with E-state index in [4.69, 9.17) is 9.47 Å². The summed E-state index contributed by atoms with van der Waals surface area (Å²) in [5.74, 6) is -1.09. The van der Waals surface area contributed by atoms with Crippen molar-refractivity contribution in [2.45, 2.75) is 81.8 Å². The molecule has 1 aromatic rings. The van der Waals surface area contributed by atoms with Crippen molar-refractivity contribution in [3.63, 3.8) is 0 Å². The molecular formula is C29H35N3O7. The smallest absolute Gasteiger partial charge is 0.252 e. The van der Waals surface area contributed by atoms with E-state index in [-0.39, 0.29) is 30.7 Å². The quantitative estimate of drug-likeness (QED) is 0.458. The fraction of sp³-hybridized carbons (Fsp3) is 0.621. The number of piperidine rings is 3. The molecule has 1 saturated carbocycles. The third-order valence-electron chi connectivity index (χ3n) is 11.2. The molecule has 39 heavy (non-hydrogen) atoms. The van der Waals surface area contributed by atoms with Gasteiger partial charge in [-0.2, -0.15) is 0 Å². The predicted molar refractivity (Wildman–Crippen MR) is 139 cm³/mol. The summed E-state index contributed by atoms with van der Waals surface area (Å²) in [6.45, 7) is 9.71. The van der Waals surface area contributed by atoms with Crippen molar-refractivity contribution in [1.29, 1.82) is 0 Å². The zero-order chi connectivity index (χ0) is 28.1. The number of carbonyl (C=O) groups is 3. The standard InChI is InChI=1S/C29H35N3O7/c1-14-19(33)22(35)32-13-27-12-28(26(4,5)17(27)11-29(32,21(14)34)24(37)31(27)6)15-7-8-16-20(18(15)30-23(28)36)38-10-9-25(2,3)39-16/h7-10,14,17,19,21,33-34H,11-13H2,1-6H3,(H,30,36)/t14-,17+,19?,21-,27-,28-,29-/m1/s1. The van der Waals surface area contributed by atoms with Crippen molar-refractivity contribution in [2.24, 2.45) is 17.3 Å². The molecule has 3 N–H and O–H groups in total. The minimum Gasteiger partial charge on any atom is -0.480 e. The first-order valence-electron chi connectivity index (χ1n) is 13.6. The highest BCUT2D eigenvalue weighted by molar-refractivity contribution is 6.10. The van der Waals surface area contributed by atoms with Crippen LogP contribution in [0.5, 0.6) is 11.5 Å². The van der Waals surface area contributed by atoms with E-state index in [0.29, 0.717) is 23.6 Å². The van der Waals surface area contributed by atoms with E-state index in [1.807, 2.05) is 32.1 Å². The molecule has 6 aliphatic heterocycles. The molecule has 10 heteroatoms. The number of carbonyl (C=O) groups excluding carboxylic acids is 3. The average molecular weight is 538 g/mol. The number of rotatable bonds is 0. The summed E-state index contributed by atoms with van der Waals surface area (Å²) in [6.07, 6.45) is 1.28. The second-order valence-electron chi connectivity index (χ2n) is 13.5. The number of likely N-dealkylation sites (N-methyl/N-ethyl adjacent to an activating group) is 1. The molecule has 7 aliphatic rings. The van der Waals surface area contributed by atoms with Crippen LogP contribution in [0.4, 0.5) is 5.69 Å². The van der Waals surface area contributed by atoms with E-state index in [9.17, 15) is 24.6 Å². The Balaban J connectivity index is 1.42. The number of hydrogen-bond acceptors (Lipinski definition) is 7. The van der Waals surface area contributed by atoms with E-state index in [0.717, 1.165) is 5.56 Å². The maximum Gasteiger partial charge on any atom is 0.252 e. The van der Waals surface area contributed by atoms with Gasteiger partial charge < -0.3 is 34.8 Å². The van der Waals surface area contributed by atoms with Crippen LogP contribution in [-0.4, -0.2) is 80.2 Å². The minimum atomic E-state index is -1.47. The second kappa shape index (κ2) is 6.96. The lowest BCUT2D eigenvalue weighted by Crippen LogP contribution is -2.86. The first-order chi connectivity index (χ1) is 18.2. The molecule has 3 amide bonds. The van der Waals surface area contributed by atoms with Gasteiger partial charge in [0.15, 0.2) is 11.5 Å². The van der Waals surface area contributed by atoms with E-state index >= 15 is 0 Å². The number of fused-ring (bicyclic) bond motifs is 5. The minimum absolute atomic E-state index is 0.148. The predicted octanol–water partition coefficient (Wildman–Crippen LogP) is 1.54. The zero-order valence-electron chi connectivity index (χ0n) is 23.1. The fourth-order valence-electron chi connectivity index (χ4n) is 9.04. The summed E-state index contributed by atoms with van der Waals surface area (Å²) >= 11 is 0. The SMILES string of the molecule is C[C@@H]1C(O)C(=O)N2C[C@]34C[C@@]5(C(=O)Nc6c5ccc5c6OC=CC(C)(C)O5)C(C)(C)[C@@H]3C[C@]2(C(=O)N4C)[C@@H]1O. The Hall–Kier alpha value is -3.11. The third-order valence-corrected chi connectivity index (χ3v) is 11.2. The monoisotopic (exact) mass is 537 g/mol. The number of amides is 3. The molecule has 208 valence electrons. The summed E-state index contributed by atoms with van der Waals surface area (Å²) in [6, 6.07) is 3.75. The van der Waals surface area contributed by atoms with Gasteiger partial charge >= 0.3 is 0 Å². The topological polar surface area (TPSA) is 129 Å². The maximum absolute atomic E-state index is 14.2. The number of nitrogens with one attached hydrogen (secondary N) is 1. The fourth-order valence-corrected chi connectivity index (χ4v) is 9.04. The van der Waals surface area contributed by atoms with Gasteiger partial charge in [-0.15, -0.1) is 0 Å². The second-order valence-corrected chi connectivity index (χ2v) is 13.5. The van der Waals surface area contributed by atoms with Gasteiger partial charge in [-0.1, -0.05) is 26.8 Å². The molecule has 1 aliphatic carbocycles. The summed E-state index contributed by atoms with van der Waals surface area (Å²) < 4.78 is 12.2. The van der Waals surface area contributed by atoms with Crippen molar-refractivity contribution in [2.75, 3.05) is 18.9 Å². The molecule has 6 heterocycles. The highest BCUT2D eigenvalue weighted by Crippen LogP contribution is 2.72. The van der Waals surface area contributed by atoms with E-state index in [1.54, 1.807) is 25.1 Å². The lowest BCUT2D eigenvalue weighted by Gasteiger charge is -2.68. The van der Waals surface area contributed by atoms with Crippen LogP contribution in [0, 0.1) is 17.3 Å². The highest BCUT2D eigenvalue weighted by atomic mass is 16.5. The summed E-state index contributed by atoms with van der Waals surface area (Å²) in [4.78, 5) is 44.8. The van der Waals surface area contributed by atoms with Crippen LogP contribution in [-0.2, 0) is 19.8 Å². The van der Waals surface area contributed by atoms with Gasteiger partial charge in [0.05, 0.1) is 29.0 Å². The van der Waals surface area contributed by atoms with Crippen molar-refractivity contribution >= 4 is 23.4 Å². The van der Waals surface area contributed by atoms with Crippen LogP contribution in [0.3, 0.4) is 0 Å². The maximum atomic E-state index is 14.2. The van der Waals surface area contributed by atoms with Gasteiger partial charge in [-0.3, -0.25) is 14.4 Å². The first kappa shape index (κ1) is 24.9. The molecule has 1 aromatic carbocycles. The van der Waals surface area contributed by atoms with Crippen LogP contribution in [0.2, 0.25) is 0 Å². The van der Waals surface area contributed by atoms with Crippen molar-refractivity contribution < 1.29 is 34.1 Å². The van der Waals surface area contributed by atoms with Gasteiger partial charge in [0.2, 0.25) is 5.91 Å². The Labute approximate surface area is 226 Å². The van der Waals surface area contributed by atoms with Gasteiger partial charge in [0, 0.05) is 19.5 Å². The van der Waals surface area contributed by atoms with Gasteiger partial charge in [-0.05, 0) is 55.7 Å². The number of ether oxygens (including phenoxy) is 2. The number of benzene rings is 1. The molecule has 7 atom stereocenters. The molecule has 4 saturated heterocycles. The van der Waals surface area contributed by atoms with Crippen LogP contribution >= 0.6 is 0 Å². The first-order valence-corrected chi connectivity index (χ1v) is 13.6. The number of nitrogens with zero attached hydrogens (tertiary/aromatic N) is 2. The molecule has 1 unspecified atom stereocenters. The Morgan fingerprint density at radius 3 is 2.54 bits per heavy atom. The molecule has 0 aromatic heterocycles. The van der Waals surface area contributed by atoms with Gasteiger partial charge in [0.25, 0.3) is 11.8 Å². The normalized spacial score (nSPS) is 42.3. The van der Waals surface area contributed by atoms with Crippen LogP contribution in [0.15, 0.2) is 24.5 Å². The Bertz CT molecular complexity index is 1400. The Morgan fingerprint density at radius 1 is 1.10 bits per heavy atom. The van der Waals surface area contributed by atoms with Crippen molar-refractivity contribution in [3.8, 4) is 11.5 Å². The molecular weight excluding hydrogens is 502 g/mol. The van der Waals surface area contributed by atoms with Crippen molar-refractivity contribution in [1.82, 2.24) is 9.80 Å². The molecule has 8 rings (SSSR count). The van der Waals surface area contributed by atoms with Gasteiger partial charge in [-0.25, -0.2) is 0 Å². The molecule has 5 fully saturated rings. The third kappa shape index (κ3) is 2.50. The lowest BCUT2D eigenvalue weighted by atomic mass is 9.54. The number of piperazine rings is 1. The van der Waals surface area contributed by atoms with E-state index in [2.05, 4.69) is 19.2 Å². The molecule has 10 nitrogen and oxygen atoms in total. The molecule has 0 radical (unpaired) electrons. The molecule has 2 bridgehead atoms. The largest absolute Gasteiger partial charge is 0.480 e. The number of anilines is 1. The van der Waals surface area contributed by atoms with Gasteiger partial charge in [0.1, 0.15) is 17.2 Å². The molecule has 3 spiro atoms. The summed E-state index contributed by atoms with van der Waals surface area (Å²) in [5.41, 5.74) is -3.31. The summed E-state index contributed by atoms with van der Waals surface area (Å²) in [5, 5.41) is 25.2.